The number of aliphatic hydroxyl groups is 1. The Hall–Kier alpha value is -3.13. The maximum Gasteiger partial charge on any atom is 0.340 e. The number of esters is 1. The Morgan fingerprint density at radius 2 is 1.72 bits per heavy atom. The van der Waals surface area contributed by atoms with Crippen molar-refractivity contribution in [1.29, 1.82) is 0 Å². The van der Waals surface area contributed by atoms with Gasteiger partial charge in [-0.3, -0.25) is 4.79 Å². The number of aliphatic hydroxyl groups excluding tert-OH is 1. The molecule has 0 bridgehead atoms. The van der Waals surface area contributed by atoms with Crippen LogP contribution < -0.4 is 10.2 Å². The number of ether oxygens (including phenoxy) is 1. The topological polar surface area (TPSA) is 82.1 Å². The van der Waals surface area contributed by atoms with Gasteiger partial charge in [0.15, 0.2) is 6.61 Å². The van der Waals surface area contributed by atoms with Crippen molar-refractivity contribution in [2.45, 2.75) is 0 Å². The second kappa shape index (κ2) is 9.88. The number of para-hydroxylation sites is 1. The van der Waals surface area contributed by atoms with E-state index in [-0.39, 0.29) is 24.9 Å². The summed E-state index contributed by atoms with van der Waals surface area (Å²) in [4.78, 5) is 28.5. The van der Waals surface area contributed by atoms with E-state index in [9.17, 15) is 14.0 Å². The van der Waals surface area contributed by atoms with E-state index in [1.807, 2.05) is 0 Å². The van der Waals surface area contributed by atoms with Crippen LogP contribution in [0.5, 0.6) is 0 Å². The van der Waals surface area contributed by atoms with Crippen LogP contribution >= 0.6 is 0 Å². The van der Waals surface area contributed by atoms with Crippen LogP contribution in [0.4, 0.5) is 15.8 Å². The molecule has 1 heterocycles. The molecule has 1 aliphatic rings. The van der Waals surface area contributed by atoms with Gasteiger partial charge in [-0.2, -0.15) is 0 Å². The van der Waals surface area contributed by atoms with E-state index in [4.69, 9.17) is 9.84 Å². The van der Waals surface area contributed by atoms with E-state index >= 15 is 0 Å². The van der Waals surface area contributed by atoms with Crippen LogP contribution in [0.2, 0.25) is 0 Å². The predicted octanol–water partition coefficient (Wildman–Crippen LogP) is 1.74. The van der Waals surface area contributed by atoms with Gasteiger partial charge in [0.2, 0.25) is 0 Å². The summed E-state index contributed by atoms with van der Waals surface area (Å²) in [6, 6.07) is 13.1. The van der Waals surface area contributed by atoms with Crippen molar-refractivity contribution >= 4 is 23.3 Å². The average Bonchev–Trinajstić information content (AvgIpc) is 2.76. The number of carbonyl (C=O) groups excluding carboxylic acids is 2. The average molecular weight is 401 g/mol. The first kappa shape index (κ1) is 20.6. The Labute approximate surface area is 168 Å². The summed E-state index contributed by atoms with van der Waals surface area (Å²) >= 11 is 0. The highest BCUT2D eigenvalue weighted by Crippen LogP contribution is 2.18. The maximum atomic E-state index is 13.1. The zero-order valence-electron chi connectivity index (χ0n) is 16.0. The fourth-order valence-corrected chi connectivity index (χ4v) is 3.17. The molecule has 7 nitrogen and oxygen atoms in total. The summed E-state index contributed by atoms with van der Waals surface area (Å²) in [6.07, 6.45) is 0. The molecule has 29 heavy (non-hydrogen) atoms. The molecule has 8 heteroatoms. The third kappa shape index (κ3) is 5.45. The number of halogens is 1. The molecule has 0 unspecified atom stereocenters. The SMILES string of the molecule is O=C(OCC(=O)N1CCN(c2ccc(F)cc2)CC1)c1ccccc1NCCO. The van der Waals surface area contributed by atoms with Crippen molar-refractivity contribution in [3.05, 3.63) is 59.9 Å². The van der Waals surface area contributed by atoms with E-state index in [2.05, 4.69) is 10.2 Å². The number of nitrogens with one attached hydrogen (secondary N) is 1. The molecule has 1 fully saturated rings. The van der Waals surface area contributed by atoms with Gasteiger partial charge in [0.25, 0.3) is 5.91 Å². The molecule has 2 aromatic carbocycles. The van der Waals surface area contributed by atoms with Crippen LogP contribution in [0.15, 0.2) is 48.5 Å². The number of amides is 1. The Balaban J connectivity index is 1.49. The minimum absolute atomic E-state index is 0.0637. The molecule has 1 saturated heterocycles. The molecule has 0 saturated carbocycles. The van der Waals surface area contributed by atoms with Crippen LogP contribution in [0.3, 0.4) is 0 Å². The van der Waals surface area contributed by atoms with E-state index < -0.39 is 5.97 Å². The van der Waals surface area contributed by atoms with Gasteiger partial charge in [-0.05, 0) is 36.4 Å². The molecule has 1 aliphatic heterocycles. The highest BCUT2D eigenvalue weighted by atomic mass is 19.1. The number of rotatable bonds is 7. The summed E-state index contributed by atoms with van der Waals surface area (Å²) in [5.74, 6) is -1.13. The first-order valence-corrected chi connectivity index (χ1v) is 9.47. The van der Waals surface area contributed by atoms with Crippen LogP contribution in [0.1, 0.15) is 10.4 Å². The van der Waals surface area contributed by atoms with Crippen molar-refractivity contribution in [1.82, 2.24) is 4.90 Å². The molecule has 154 valence electrons. The molecule has 0 spiro atoms. The smallest absolute Gasteiger partial charge is 0.340 e. The monoisotopic (exact) mass is 401 g/mol. The van der Waals surface area contributed by atoms with Gasteiger partial charge in [0, 0.05) is 44.1 Å². The second-order valence-corrected chi connectivity index (χ2v) is 6.62. The van der Waals surface area contributed by atoms with Gasteiger partial charge < -0.3 is 25.0 Å². The minimum atomic E-state index is -0.593. The van der Waals surface area contributed by atoms with Gasteiger partial charge in [-0.25, -0.2) is 9.18 Å². The lowest BCUT2D eigenvalue weighted by Crippen LogP contribution is -2.49. The number of hydrogen-bond acceptors (Lipinski definition) is 6. The van der Waals surface area contributed by atoms with E-state index in [0.717, 1.165) is 5.69 Å². The van der Waals surface area contributed by atoms with Gasteiger partial charge in [-0.15, -0.1) is 0 Å². The summed E-state index contributed by atoms with van der Waals surface area (Å²) < 4.78 is 18.3. The number of piperazine rings is 1. The molecular formula is C21H24FN3O4. The Morgan fingerprint density at radius 3 is 2.41 bits per heavy atom. The number of nitrogens with zero attached hydrogens (tertiary/aromatic N) is 2. The van der Waals surface area contributed by atoms with E-state index in [1.54, 1.807) is 41.3 Å². The normalized spacial score (nSPS) is 13.9. The van der Waals surface area contributed by atoms with Gasteiger partial charge in [0.05, 0.1) is 12.2 Å². The van der Waals surface area contributed by atoms with Gasteiger partial charge in [-0.1, -0.05) is 12.1 Å². The van der Waals surface area contributed by atoms with E-state index in [1.165, 1.54) is 12.1 Å². The lowest BCUT2D eigenvalue weighted by Gasteiger charge is -2.36. The van der Waals surface area contributed by atoms with Gasteiger partial charge >= 0.3 is 5.97 Å². The number of anilines is 2. The zero-order valence-corrected chi connectivity index (χ0v) is 16.0. The third-order valence-electron chi connectivity index (χ3n) is 4.73. The Morgan fingerprint density at radius 1 is 1.03 bits per heavy atom. The fraction of sp³-hybridized carbons (Fsp3) is 0.333. The lowest BCUT2D eigenvalue weighted by molar-refractivity contribution is -0.134. The predicted molar refractivity (Wildman–Crippen MR) is 107 cm³/mol. The maximum absolute atomic E-state index is 13.1. The first-order chi connectivity index (χ1) is 14.1. The summed E-state index contributed by atoms with van der Waals surface area (Å²) in [6.45, 7) is 2.17. The van der Waals surface area contributed by atoms with Crippen molar-refractivity contribution in [2.75, 3.05) is 56.2 Å². The quantitative estimate of drug-likeness (QED) is 0.688. The highest BCUT2D eigenvalue weighted by molar-refractivity contribution is 5.96. The summed E-state index contributed by atoms with van der Waals surface area (Å²) in [5, 5.41) is 11.9. The molecule has 0 aliphatic carbocycles. The number of carbonyl (C=O) groups is 2. The summed E-state index contributed by atoms with van der Waals surface area (Å²) in [7, 11) is 0. The van der Waals surface area contributed by atoms with Crippen molar-refractivity contribution in [3.8, 4) is 0 Å². The van der Waals surface area contributed by atoms with Crippen molar-refractivity contribution < 1.29 is 23.8 Å². The molecule has 1 amide bonds. The van der Waals surface area contributed by atoms with Gasteiger partial charge in [0.1, 0.15) is 5.82 Å². The fourth-order valence-electron chi connectivity index (χ4n) is 3.17. The van der Waals surface area contributed by atoms with Crippen LogP contribution in [0.25, 0.3) is 0 Å². The zero-order chi connectivity index (χ0) is 20.6. The Bertz CT molecular complexity index is 836. The van der Waals surface area contributed by atoms with Crippen molar-refractivity contribution in [3.63, 3.8) is 0 Å². The van der Waals surface area contributed by atoms with Crippen LogP contribution in [0, 0.1) is 5.82 Å². The lowest BCUT2D eigenvalue weighted by atomic mass is 10.2. The summed E-state index contributed by atoms with van der Waals surface area (Å²) in [5.41, 5.74) is 1.78. The molecule has 2 N–H and O–H groups in total. The standard InChI is InChI=1S/C21H24FN3O4/c22-16-5-7-17(8-6-16)24-10-12-25(13-11-24)20(27)15-29-21(28)18-3-1-2-4-19(18)23-9-14-26/h1-8,23,26H,9-15H2. The third-order valence-corrected chi connectivity index (χ3v) is 4.73. The van der Waals surface area contributed by atoms with Crippen LogP contribution in [-0.4, -0.2) is 67.8 Å². The Kier molecular flexibility index (Phi) is 7.02. The molecule has 2 aromatic rings. The highest BCUT2D eigenvalue weighted by Gasteiger charge is 2.23. The molecule has 0 aromatic heterocycles. The van der Waals surface area contributed by atoms with Crippen LogP contribution in [-0.2, 0) is 9.53 Å². The molecule has 0 atom stereocenters. The first-order valence-electron chi connectivity index (χ1n) is 9.47. The number of hydrogen-bond donors (Lipinski definition) is 2. The molecular weight excluding hydrogens is 377 g/mol. The minimum Gasteiger partial charge on any atom is -0.452 e. The number of benzene rings is 2. The largest absolute Gasteiger partial charge is 0.452 e. The molecule has 3 rings (SSSR count). The second-order valence-electron chi connectivity index (χ2n) is 6.62. The van der Waals surface area contributed by atoms with Crippen molar-refractivity contribution in [2.24, 2.45) is 0 Å². The molecule has 0 radical (unpaired) electrons. The van der Waals surface area contributed by atoms with E-state index in [0.29, 0.717) is 44.0 Å².